The summed E-state index contributed by atoms with van der Waals surface area (Å²) >= 11 is 0. The Morgan fingerprint density at radius 2 is 2.20 bits per heavy atom. The second-order valence-electron chi connectivity index (χ2n) is 3.53. The van der Waals surface area contributed by atoms with E-state index in [1.807, 2.05) is 0 Å². The smallest absolute Gasteiger partial charge is 0.0213 e. The summed E-state index contributed by atoms with van der Waals surface area (Å²) in [5.41, 5.74) is 2.84. The predicted molar refractivity (Wildman–Crippen MR) is 43.3 cm³/mol. The lowest BCUT2D eigenvalue weighted by molar-refractivity contribution is 0.317. The summed E-state index contributed by atoms with van der Waals surface area (Å²) in [6, 6.07) is 0.498. The summed E-state index contributed by atoms with van der Waals surface area (Å²) in [5.74, 6) is 7.04. The summed E-state index contributed by atoms with van der Waals surface area (Å²) in [5, 5.41) is 0. The van der Waals surface area contributed by atoms with Gasteiger partial charge in [0, 0.05) is 6.04 Å². The third-order valence-electron chi connectivity index (χ3n) is 2.83. The van der Waals surface area contributed by atoms with Gasteiger partial charge in [-0.05, 0) is 25.2 Å². The van der Waals surface area contributed by atoms with Crippen molar-refractivity contribution in [2.45, 2.75) is 39.2 Å². The van der Waals surface area contributed by atoms with E-state index < -0.39 is 0 Å². The third kappa shape index (κ3) is 1.50. The minimum absolute atomic E-state index is 0.498. The Hall–Kier alpha value is -0.0800. The Morgan fingerprint density at radius 3 is 2.60 bits per heavy atom. The number of nitrogens with one attached hydrogen (secondary N) is 1. The predicted octanol–water partition coefficient (Wildman–Crippen LogP) is 1.27. The van der Waals surface area contributed by atoms with E-state index in [-0.39, 0.29) is 0 Å². The first-order valence-corrected chi connectivity index (χ1v) is 4.22. The molecule has 0 amide bonds. The van der Waals surface area contributed by atoms with Gasteiger partial charge in [-0.25, -0.2) is 0 Å². The van der Waals surface area contributed by atoms with Gasteiger partial charge in [0.25, 0.3) is 0 Å². The highest BCUT2D eigenvalue weighted by atomic mass is 15.2. The van der Waals surface area contributed by atoms with Crippen LogP contribution < -0.4 is 11.3 Å². The van der Waals surface area contributed by atoms with Gasteiger partial charge in [-0.3, -0.25) is 11.3 Å². The summed E-state index contributed by atoms with van der Waals surface area (Å²) < 4.78 is 0. The summed E-state index contributed by atoms with van der Waals surface area (Å²) in [4.78, 5) is 0. The van der Waals surface area contributed by atoms with Crippen LogP contribution in [0.3, 0.4) is 0 Å². The van der Waals surface area contributed by atoms with Crippen molar-refractivity contribution in [3.8, 4) is 0 Å². The fourth-order valence-corrected chi connectivity index (χ4v) is 2.04. The molecular formula is C8H18N2. The summed E-state index contributed by atoms with van der Waals surface area (Å²) in [6.45, 7) is 4.50. The van der Waals surface area contributed by atoms with Crippen LogP contribution in [-0.4, -0.2) is 6.04 Å². The monoisotopic (exact) mass is 142 g/mol. The molecule has 10 heavy (non-hydrogen) atoms. The van der Waals surface area contributed by atoms with Gasteiger partial charge in [0.05, 0.1) is 0 Å². The van der Waals surface area contributed by atoms with Crippen LogP contribution in [-0.2, 0) is 0 Å². The zero-order valence-electron chi connectivity index (χ0n) is 6.93. The maximum atomic E-state index is 5.36. The van der Waals surface area contributed by atoms with Gasteiger partial charge >= 0.3 is 0 Å². The fraction of sp³-hybridized carbons (Fsp3) is 1.00. The van der Waals surface area contributed by atoms with E-state index in [0.717, 1.165) is 11.8 Å². The number of hydrazine groups is 1. The Labute approximate surface area is 63.1 Å². The molecule has 3 unspecified atom stereocenters. The van der Waals surface area contributed by atoms with E-state index in [0.29, 0.717) is 6.04 Å². The van der Waals surface area contributed by atoms with E-state index in [1.165, 1.54) is 19.3 Å². The van der Waals surface area contributed by atoms with E-state index in [2.05, 4.69) is 19.3 Å². The molecule has 3 N–H and O–H groups in total. The Balaban J connectivity index is 2.38. The number of hydrogen-bond acceptors (Lipinski definition) is 2. The molecule has 2 heteroatoms. The van der Waals surface area contributed by atoms with Crippen LogP contribution in [0.25, 0.3) is 0 Å². The Morgan fingerprint density at radius 1 is 1.50 bits per heavy atom. The molecule has 1 fully saturated rings. The largest absolute Gasteiger partial charge is 0.271 e. The van der Waals surface area contributed by atoms with E-state index >= 15 is 0 Å². The van der Waals surface area contributed by atoms with Crippen molar-refractivity contribution in [2.24, 2.45) is 17.7 Å². The van der Waals surface area contributed by atoms with Crippen molar-refractivity contribution in [3.63, 3.8) is 0 Å². The Bertz CT molecular complexity index is 103. The molecule has 0 aromatic carbocycles. The fourth-order valence-electron chi connectivity index (χ4n) is 2.04. The number of rotatable bonds is 2. The van der Waals surface area contributed by atoms with Crippen molar-refractivity contribution >= 4 is 0 Å². The minimum Gasteiger partial charge on any atom is -0.271 e. The van der Waals surface area contributed by atoms with Crippen LogP contribution in [0.5, 0.6) is 0 Å². The molecule has 0 saturated heterocycles. The maximum absolute atomic E-state index is 5.36. The van der Waals surface area contributed by atoms with Gasteiger partial charge in [-0.15, -0.1) is 0 Å². The van der Waals surface area contributed by atoms with Gasteiger partial charge in [-0.2, -0.15) is 0 Å². The molecule has 1 aliphatic rings. The maximum Gasteiger partial charge on any atom is 0.0213 e. The molecule has 0 radical (unpaired) electrons. The highest BCUT2D eigenvalue weighted by Crippen LogP contribution is 2.33. The van der Waals surface area contributed by atoms with Gasteiger partial charge < -0.3 is 0 Å². The molecule has 1 saturated carbocycles. The van der Waals surface area contributed by atoms with Crippen LogP contribution in [0.1, 0.15) is 33.1 Å². The second kappa shape index (κ2) is 3.35. The summed E-state index contributed by atoms with van der Waals surface area (Å²) in [6.07, 6.45) is 4.13. The van der Waals surface area contributed by atoms with E-state index in [1.54, 1.807) is 0 Å². The standard InChI is InChI=1S/C8H18N2/c1-6-4-3-5-8(6)7(2)10-9/h6-8,10H,3-5,9H2,1-2H3. The second-order valence-corrected chi connectivity index (χ2v) is 3.53. The number of nitrogens with two attached hydrogens (primary N) is 1. The van der Waals surface area contributed by atoms with Crippen LogP contribution in [0, 0.1) is 11.8 Å². The highest BCUT2D eigenvalue weighted by molar-refractivity contribution is 4.80. The zero-order valence-corrected chi connectivity index (χ0v) is 6.93. The summed E-state index contributed by atoms with van der Waals surface area (Å²) in [7, 11) is 0. The average Bonchev–Trinajstić information content (AvgIpc) is 2.34. The molecule has 1 rings (SSSR count). The first kappa shape index (κ1) is 8.02. The molecule has 0 aromatic heterocycles. The zero-order chi connectivity index (χ0) is 7.56. The van der Waals surface area contributed by atoms with Crippen LogP contribution in [0.4, 0.5) is 0 Å². The van der Waals surface area contributed by atoms with Crippen molar-refractivity contribution in [1.82, 2.24) is 5.43 Å². The number of hydrogen-bond donors (Lipinski definition) is 2. The molecule has 0 aliphatic heterocycles. The van der Waals surface area contributed by atoms with Crippen molar-refractivity contribution in [1.29, 1.82) is 0 Å². The molecule has 1 aliphatic carbocycles. The lowest BCUT2D eigenvalue weighted by Crippen LogP contribution is -2.39. The topological polar surface area (TPSA) is 38.0 Å². The van der Waals surface area contributed by atoms with Crippen molar-refractivity contribution in [2.75, 3.05) is 0 Å². The average molecular weight is 142 g/mol. The molecule has 0 bridgehead atoms. The molecule has 60 valence electrons. The molecule has 2 nitrogen and oxygen atoms in total. The first-order valence-electron chi connectivity index (χ1n) is 4.22. The van der Waals surface area contributed by atoms with Gasteiger partial charge in [0.15, 0.2) is 0 Å². The molecular weight excluding hydrogens is 124 g/mol. The van der Waals surface area contributed by atoms with Crippen LogP contribution in [0.15, 0.2) is 0 Å². The van der Waals surface area contributed by atoms with Crippen LogP contribution in [0.2, 0.25) is 0 Å². The normalized spacial score (nSPS) is 36.3. The lowest BCUT2D eigenvalue weighted by atomic mass is 9.92. The van der Waals surface area contributed by atoms with E-state index in [9.17, 15) is 0 Å². The first-order chi connectivity index (χ1) is 4.75. The van der Waals surface area contributed by atoms with Gasteiger partial charge in [0.2, 0.25) is 0 Å². The van der Waals surface area contributed by atoms with Crippen LogP contribution >= 0.6 is 0 Å². The van der Waals surface area contributed by atoms with Crippen molar-refractivity contribution < 1.29 is 0 Å². The van der Waals surface area contributed by atoms with Gasteiger partial charge in [-0.1, -0.05) is 19.8 Å². The molecule has 0 heterocycles. The molecule has 0 aromatic rings. The lowest BCUT2D eigenvalue weighted by Gasteiger charge is -2.21. The molecule has 0 spiro atoms. The quantitative estimate of drug-likeness (QED) is 0.450. The van der Waals surface area contributed by atoms with E-state index in [4.69, 9.17) is 5.84 Å². The molecule has 3 atom stereocenters. The third-order valence-corrected chi connectivity index (χ3v) is 2.83. The SMILES string of the molecule is CC1CCCC1C(C)NN. The minimum atomic E-state index is 0.498. The van der Waals surface area contributed by atoms with Crippen molar-refractivity contribution in [3.05, 3.63) is 0 Å². The van der Waals surface area contributed by atoms with Gasteiger partial charge in [0.1, 0.15) is 0 Å². The Kier molecular flexibility index (Phi) is 2.69. The highest BCUT2D eigenvalue weighted by Gasteiger charge is 2.27.